The number of carbonyl (C=O) groups excluding carboxylic acids is 1. The summed E-state index contributed by atoms with van der Waals surface area (Å²) in [4.78, 5) is 22.9. The Hall–Kier alpha value is -2.63. The third-order valence-corrected chi connectivity index (χ3v) is 3.07. The minimum absolute atomic E-state index is 0.124. The molecule has 1 aromatic heterocycles. The third-order valence-electron chi connectivity index (χ3n) is 3.07. The number of ether oxygens (including phenoxy) is 1. The molecule has 5 nitrogen and oxygen atoms in total. The molecule has 0 amide bonds. The Kier molecular flexibility index (Phi) is 4.37. The van der Waals surface area contributed by atoms with E-state index in [4.69, 9.17) is 0 Å². The minimum atomic E-state index is -0.534. The number of hydrogen-bond donors (Lipinski definition) is 1. The number of esters is 1. The number of aromatic nitrogens is 1. The van der Waals surface area contributed by atoms with Crippen molar-refractivity contribution >= 4 is 5.97 Å². The van der Waals surface area contributed by atoms with E-state index in [-0.39, 0.29) is 24.5 Å². The van der Waals surface area contributed by atoms with Crippen molar-refractivity contribution in [2.24, 2.45) is 0 Å². The van der Waals surface area contributed by atoms with Gasteiger partial charge in [0.25, 0.3) is 0 Å². The molecule has 2 rings (SSSR count). The highest BCUT2D eigenvalue weighted by Gasteiger charge is 2.13. The Morgan fingerprint density at radius 3 is 2.57 bits per heavy atom. The summed E-state index contributed by atoms with van der Waals surface area (Å²) in [6.45, 7) is -0.124. The van der Waals surface area contributed by atoms with Crippen molar-refractivity contribution in [2.75, 3.05) is 7.11 Å². The van der Waals surface area contributed by atoms with Crippen LogP contribution in [0.4, 0.5) is 4.39 Å². The summed E-state index contributed by atoms with van der Waals surface area (Å²) in [5.41, 5.74) is 0.448. The molecule has 0 aliphatic heterocycles. The van der Waals surface area contributed by atoms with Crippen LogP contribution in [-0.2, 0) is 22.5 Å². The van der Waals surface area contributed by atoms with Gasteiger partial charge < -0.3 is 14.4 Å². The van der Waals surface area contributed by atoms with Gasteiger partial charge in [-0.2, -0.15) is 0 Å². The van der Waals surface area contributed by atoms with Crippen LogP contribution in [0.15, 0.2) is 41.3 Å². The number of benzene rings is 1. The molecule has 21 heavy (non-hydrogen) atoms. The van der Waals surface area contributed by atoms with Gasteiger partial charge in [-0.15, -0.1) is 0 Å². The average molecular weight is 291 g/mol. The van der Waals surface area contributed by atoms with E-state index in [0.29, 0.717) is 5.56 Å². The summed E-state index contributed by atoms with van der Waals surface area (Å²) in [5.74, 6) is -1.30. The molecule has 6 heteroatoms. The SMILES string of the molecule is COC(=O)Cn1ccc(=O)c(O)c1Cc1ccc(F)cc1. The zero-order valence-corrected chi connectivity index (χ0v) is 11.4. The van der Waals surface area contributed by atoms with Crippen molar-refractivity contribution in [1.29, 1.82) is 0 Å². The van der Waals surface area contributed by atoms with Crippen LogP contribution in [-0.4, -0.2) is 22.8 Å². The van der Waals surface area contributed by atoms with Gasteiger partial charge in [-0.05, 0) is 17.7 Å². The zero-order valence-electron chi connectivity index (χ0n) is 11.4. The highest BCUT2D eigenvalue weighted by Crippen LogP contribution is 2.17. The standard InChI is InChI=1S/C15H14FNO4/c1-21-14(19)9-17-7-6-13(18)15(20)12(17)8-10-2-4-11(16)5-3-10/h2-7,20H,8-9H2,1H3. The zero-order chi connectivity index (χ0) is 15.4. The van der Waals surface area contributed by atoms with Gasteiger partial charge in [-0.3, -0.25) is 9.59 Å². The van der Waals surface area contributed by atoms with Gasteiger partial charge in [0.1, 0.15) is 12.4 Å². The lowest BCUT2D eigenvalue weighted by atomic mass is 10.1. The van der Waals surface area contributed by atoms with Crippen molar-refractivity contribution in [1.82, 2.24) is 4.57 Å². The molecule has 0 unspecified atom stereocenters. The van der Waals surface area contributed by atoms with Crippen LogP contribution < -0.4 is 5.43 Å². The molecule has 110 valence electrons. The number of carbonyl (C=O) groups is 1. The number of pyridine rings is 1. The molecule has 0 atom stereocenters. The predicted octanol–water partition coefficient (Wildman–Crippen LogP) is 1.46. The number of aromatic hydroxyl groups is 1. The van der Waals surface area contributed by atoms with Crippen molar-refractivity contribution in [3.63, 3.8) is 0 Å². The largest absolute Gasteiger partial charge is 0.503 e. The van der Waals surface area contributed by atoms with E-state index in [9.17, 15) is 19.1 Å². The van der Waals surface area contributed by atoms with Crippen LogP contribution in [0, 0.1) is 5.82 Å². The number of halogens is 1. The normalized spacial score (nSPS) is 10.4. The van der Waals surface area contributed by atoms with E-state index < -0.39 is 17.1 Å². The summed E-state index contributed by atoms with van der Waals surface area (Å²) in [6, 6.07) is 6.85. The van der Waals surface area contributed by atoms with Crippen LogP contribution >= 0.6 is 0 Å². The van der Waals surface area contributed by atoms with E-state index in [2.05, 4.69) is 4.74 Å². The topological polar surface area (TPSA) is 68.5 Å². The maximum Gasteiger partial charge on any atom is 0.325 e. The van der Waals surface area contributed by atoms with E-state index in [0.717, 1.165) is 0 Å². The highest BCUT2D eigenvalue weighted by atomic mass is 19.1. The number of methoxy groups -OCH3 is 1. The van der Waals surface area contributed by atoms with Crippen LogP contribution in [0.1, 0.15) is 11.3 Å². The molecule has 0 aliphatic carbocycles. The van der Waals surface area contributed by atoms with Crippen molar-refractivity contribution in [3.05, 3.63) is 63.8 Å². The molecule has 0 aliphatic rings. The first-order chi connectivity index (χ1) is 10.0. The molecule has 1 heterocycles. The molecule has 0 saturated carbocycles. The predicted molar refractivity (Wildman–Crippen MR) is 73.6 cm³/mol. The summed E-state index contributed by atoms with van der Waals surface area (Å²) < 4.78 is 18.9. The summed E-state index contributed by atoms with van der Waals surface area (Å²) in [7, 11) is 1.25. The summed E-state index contributed by atoms with van der Waals surface area (Å²) in [6.07, 6.45) is 1.61. The van der Waals surface area contributed by atoms with Gasteiger partial charge in [0.05, 0.1) is 12.8 Å². The van der Waals surface area contributed by atoms with Gasteiger partial charge in [-0.1, -0.05) is 12.1 Å². The van der Waals surface area contributed by atoms with Gasteiger partial charge >= 0.3 is 5.97 Å². The van der Waals surface area contributed by atoms with E-state index in [1.54, 1.807) is 12.1 Å². The Morgan fingerprint density at radius 1 is 1.29 bits per heavy atom. The Labute approximate surface area is 120 Å². The number of hydrogen-bond acceptors (Lipinski definition) is 4. The van der Waals surface area contributed by atoms with Crippen LogP contribution in [0.5, 0.6) is 5.75 Å². The monoisotopic (exact) mass is 291 g/mol. The minimum Gasteiger partial charge on any atom is -0.503 e. The third kappa shape index (κ3) is 3.47. The second-order valence-electron chi connectivity index (χ2n) is 4.48. The lowest BCUT2D eigenvalue weighted by molar-refractivity contribution is -0.141. The molecule has 0 bridgehead atoms. The fraction of sp³-hybridized carbons (Fsp3) is 0.200. The fourth-order valence-corrected chi connectivity index (χ4v) is 1.94. The number of rotatable bonds is 4. The Balaban J connectivity index is 2.39. The fourth-order valence-electron chi connectivity index (χ4n) is 1.94. The lowest BCUT2D eigenvalue weighted by Crippen LogP contribution is -2.18. The summed E-state index contributed by atoms with van der Waals surface area (Å²) >= 11 is 0. The molecule has 2 aromatic rings. The molecule has 0 radical (unpaired) electrons. The molecular formula is C15H14FNO4. The first-order valence-electron chi connectivity index (χ1n) is 6.24. The molecule has 1 aromatic carbocycles. The van der Waals surface area contributed by atoms with E-state index >= 15 is 0 Å². The van der Waals surface area contributed by atoms with Gasteiger partial charge in [-0.25, -0.2) is 4.39 Å². The van der Waals surface area contributed by atoms with Gasteiger partial charge in [0, 0.05) is 18.7 Å². The van der Waals surface area contributed by atoms with Crippen molar-refractivity contribution in [3.8, 4) is 5.75 Å². The Bertz CT molecular complexity index is 707. The van der Waals surface area contributed by atoms with Crippen molar-refractivity contribution in [2.45, 2.75) is 13.0 Å². The molecule has 1 N–H and O–H groups in total. The number of nitrogens with zero attached hydrogens (tertiary/aromatic N) is 1. The second kappa shape index (κ2) is 6.21. The average Bonchev–Trinajstić information content (AvgIpc) is 2.48. The second-order valence-corrected chi connectivity index (χ2v) is 4.48. The molecular weight excluding hydrogens is 277 g/mol. The van der Waals surface area contributed by atoms with Crippen molar-refractivity contribution < 1.29 is 19.0 Å². The van der Waals surface area contributed by atoms with E-state index in [1.807, 2.05) is 0 Å². The van der Waals surface area contributed by atoms with Gasteiger partial charge in [0.15, 0.2) is 5.75 Å². The van der Waals surface area contributed by atoms with Crippen LogP contribution in [0.25, 0.3) is 0 Å². The maximum absolute atomic E-state index is 12.9. The van der Waals surface area contributed by atoms with Gasteiger partial charge in [0.2, 0.25) is 5.43 Å². The smallest absolute Gasteiger partial charge is 0.325 e. The molecule has 0 fully saturated rings. The van der Waals surface area contributed by atoms with Crippen LogP contribution in [0.2, 0.25) is 0 Å². The quantitative estimate of drug-likeness (QED) is 0.866. The highest BCUT2D eigenvalue weighted by molar-refractivity contribution is 5.69. The maximum atomic E-state index is 12.9. The Morgan fingerprint density at radius 2 is 1.95 bits per heavy atom. The summed E-state index contributed by atoms with van der Waals surface area (Å²) in [5, 5.41) is 9.92. The van der Waals surface area contributed by atoms with E-state index in [1.165, 1.54) is 36.1 Å². The lowest BCUT2D eigenvalue weighted by Gasteiger charge is -2.13. The molecule has 0 saturated heterocycles. The molecule has 0 spiro atoms. The first kappa shape index (κ1) is 14.8. The van der Waals surface area contributed by atoms with Crippen LogP contribution in [0.3, 0.4) is 0 Å². The first-order valence-corrected chi connectivity index (χ1v) is 6.24.